The van der Waals surface area contributed by atoms with Crippen molar-refractivity contribution in [3.63, 3.8) is 0 Å². The van der Waals surface area contributed by atoms with Gasteiger partial charge in [0.1, 0.15) is 0 Å². The summed E-state index contributed by atoms with van der Waals surface area (Å²) in [6, 6.07) is 8.07. The zero-order valence-electron chi connectivity index (χ0n) is 15.3. The standard InChI is InChI=1S/C19H32N4/c1-14-10-15(2)12-17(11-14)8-9-21-19(20-4)22-13-16(3)23(5)18-6-7-18/h10-12,16,18H,6-9,13H2,1-5H3,(H2,20,21,22). The molecule has 2 rings (SSSR count). The minimum atomic E-state index is 0.528. The summed E-state index contributed by atoms with van der Waals surface area (Å²) < 4.78 is 0. The van der Waals surface area contributed by atoms with E-state index >= 15 is 0 Å². The second kappa shape index (κ2) is 8.34. The third-order valence-corrected chi connectivity index (χ3v) is 4.59. The van der Waals surface area contributed by atoms with E-state index < -0.39 is 0 Å². The van der Waals surface area contributed by atoms with Gasteiger partial charge in [0.05, 0.1) is 0 Å². The van der Waals surface area contributed by atoms with Gasteiger partial charge in [0.15, 0.2) is 5.96 Å². The van der Waals surface area contributed by atoms with Crippen LogP contribution in [-0.4, -0.2) is 50.1 Å². The third-order valence-electron chi connectivity index (χ3n) is 4.59. The Morgan fingerprint density at radius 3 is 2.43 bits per heavy atom. The molecule has 0 saturated heterocycles. The Morgan fingerprint density at radius 1 is 1.22 bits per heavy atom. The van der Waals surface area contributed by atoms with Gasteiger partial charge in [0, 0.05) is 32.2 Å². The monoisotopic (exact) mass is 316 g/mol. The number of aryl methyl sites for hydroxylation is 2. The average molecular weight is 316 g/mol. The molecule has 0 aromatic heterocycles. The molecule has 1 saturated carbocycles. The van der Waals surface area contributed by atoms with Crippen LogP contribution in [0.15, 0.2) is 23.2 Å². The molecule has 4 heteroatoms. The van der Waals surface area contributed by atoms with Gasteiger partial charge < -0.3 is 10.6 Å². The number of nitrogens with zero attached hydrogens (tertiary/aromatic N) is 2. The van der Waals surface area contributed by atoms with Crippen LogP contribution in [0.5, 0.6) is 0 Å². The van der Waals surface area contributed by atoms with Gasteiger partial charge in [-0.3, -0.25) is 9.89 Å². The van der Waals surface area contributed by atoms with Crippen LogP contribution in [0, 0.1) is 13.8 Å². The molecule has 0 spiro atoms. The van der Waals surface area contributed by atoms with Crippen LogP contribution in [0.1, 0.15) is 36.5 Å². The van der Waals surface area contributed by atoms with Crippen molar-refractivity contribution in [2.24, 2.45) is 4.99 Å². The molecule has 4 nitrogen and oxygen atoms in total. The molecule has 0 amide bonds. The molecule has 1 fully saturated rings. The molecule has 0 bridgehead atoms. The van der Waals surface area contributed by atoms with Crippen molar-refractivity contribution >= 4 is 5.96 Å². The summed E-state index contributed by atoms with van der Waals surface area (Å²) in [5.41, 5.74) is 4.05. The van der Waals surface area contributed by atoms with E-state index in [4.69, 9.17) is 0 Å². The van der Waals surface area contributed by atoms with E-state index in [2.05, 4.69) is 66.5 Å². The van der Waals surface area contributed by atoms with Gasteiger partial charge in [-0.15, -0.1) is 0 Å². The molecular formula is C19H32N4. The second-order valence-electron chi connectivity index (χ2n) is 6.87. The smallest absolute Gasteiger partial charge is 0.191 e. The molecule has 0 heterocycles. The summed E-state index contributed by atoms with van der Waals surface area (Å²) in [6.07, 6.45) is 3.72. The summed E-state index contributed by atoms with van der Waals surface area (Å²) >= 11 is 0. The first kappa shape index (κ1) is 17.8. The molecule has 1 aliphatic rings. The van der Waals surface area contributed by atoms with Crippen molar-refractivity contribution in [1.82, 2.24) is 15.5 Å². The molecule has 128 valence electrons. The van der Waals surface area contributed by atoms with Crippen LogP contribution in [0.4, 0.5) is 0 Å². The summed E-state index contributed by atoms with van der Waals surface area (Å²) in [5.74, 6) is 0.894. The lowest BCUT2D eigenvalue weighted by Crippen LogP contribution is -2.45. The highest BCUT2D eigenvalue weighted by Gasteiger charge is 2.28. The van der Waals surface area contributed by atoms with Gasteiger partial charge >= 0.3 is 0 Å². The van der Waals surface area contributed by atoms with E-state index in [1.54, 1.807) is 0 Å². The first-order valence-electron chi connectivity index (χ1n) is 8.73. The highest BCUT2D eigenvalue weighted by molar-refractivity contribution is 5.79. The number of benzene rings is 1. The number of hydrogen-bond donors (Lipinski definition) is 2. The zero-order chi connectivity index (χ0) is 16.8. The van der Waals surface area contributed by atoms with Crippen molar-refractivity contribution in [1.29, 1.82) is 0 Å². The molecule has 0 aliphatic heterocycles. The maximum Gasteiger partial charge on any atom is 0.191 e. The van der Waals surface area contributed by atoms with Crippen molar-refractivity contribution in [2.75, 3.05) is 27.2 Å². The Hall–Kier alpha value is -1.55. The fourth-order valence-corrected chi connectivity index (χ4v) is 2.99. The molecule has 0 radical (unpaired) electrons. The van der Waals surface area contributed by atoms with E-state index in [1.807, 2.05) is 7.05 Å². The fraction of sp³-hybridized carbons (Fsp3) is 0.632. The minimum absolute atomic E-state index is 0.528. The Bertz CT molecular complexity index is 514. The lowest BCUT2D eigenvalue weighted by Gasteiger charge is -2.25. The normalized spacial score (nSPS) is 16.5. The predicted molar refractivity (Wildman–Crippen MR) is 99.2 cm³/mol. The molecule has 1 unspecified atom stereocenters. The molecule has 1 aliphatic carbocycles. The highest BCUT2D eigenvalue weighted by atomic mass is 15.2. The van der Waals surface area contributed by atoms with Gasteiger partial charge in [-0.25, -0.2) is 0 Å². The number of rotatable bonds is 7. The second-order valence-corrected chi connectivity index (χ2v) is 6.87. The van der Waals surface area contributed by atoms with Gasteiger partial charge in [-0.05, 0) is 52.6 Å². The first-order valence-corrected chi connectivity index (χ1v) is 8.73. The fourth-order valence-electron chi connectivity index (χ4n) is 2.99. The van der Waals surface area contributed by atoms with E-state index in [0.717, 1.165) is 31.5 Å². The predicted octanol–water partition coefficient (Wildman–Crippen LogP) is 2.49. The van der Waals surface area contributed by atoms with Gasteiger partial charge in [0.2, 0.25) is 0 Å². The Morgan fingerprint density at radius 2 is 1.87 bits per heavy atom. The summed E-state index contributed by atoms with van der Waals surface area (Å²) in [6.45, 7) is 8.41. The Labute approximate surface area is 141 Å². The van der Waals surface area contributed by atoms with Gasteiger partial charge in [-0.2, -0.15) is 0 Å². The molecule has 2 N–H and O–H groups in total. The average Bonchev–Trinajstić information content (AvgIpc) is 3.33. The molecule has 1 atom stereocenters. The molecule has 23 heavy (non-hydrogen) atoms. The Balaban J connectivity index is 1.72. The quantitative estimate of drug-likeness (QED) is 0.600. The molecular weight excluding hydrogens is 284 g/mol. The third kappa shape index (κ3) is 5.87. The SMILES string of the molecule is CN=C(NCCc1cc(C)cc(C)c1)NCC(C)N(C)C1CC1. The first-order chi connectivity index (χ1) is 11.0. The largest absolute Gasteiger partial charge is 0.356 e. The number of likely N-dealkylation sites (N-methyl/N-ethyl adjacent to an activating group) is 1. The number of nitrogens with one attached hydrogen (secondary N) is 2. The maximum absolute atomic E-state index is 4.32. The van der Waals surface area contributed by atoms with E-state index in [-0.39, 0.29) is 0 Å². The number of guanidine groups is 1. The van der Waals surface area contributed by atoms with Crippen LogP contribution in [0.3, 0.4) is 0 Å². The lowest BCUT2D eigenvalue weighted by atomic mass is 10.1. The van der Waals surface area contributed by atoms with E-state index in [0.29, 0.717) is 6.04 Å². The number of aliphatic imine (C=N–C) groups is 1. The van der Waals surface area contributed by atoms with Crippen LogP contribution >= 0.6 is 0 Å². The lowest BCUT2D eigenvalue weighted by molar-refractivity contribution is 0.247. The zero-order valence-corrected chi connectivity index (χ0v) is 15.3. The van der Waals surface area contributed by atoms with Gasteiger partial charge in [-0.1, -0.05) is 29.3 Å². The summed E-state index contributed by atoms with van der Waals surface area (Å²) in [7, 11) is 4.06. The number of hydrogen-bond acceptors (Lipinski definition) is 2. The molecule has 1 aromatic carbocycles. The van der Waals surface area contributed by atoms with Crippen molar-refractivity contribution in [3.8, 4) is 0 Å². The maximum atomic E-state index is 4.32. The van der Waals surface area contributed by atoms with E-state index in [9.17, 15) is 0 Å². The van der Waals surface area contributed by atoms with Crippen molar-refractivity contribution in [2.45, 2.75) is 52.1 Å². The summed E-state index contributed by atoms with van der Waals surface area (Å²) in [5, 5.41) is 6.86. The van der Waals surface area contributed by atoms with Crippen LogP contribution in [0.2, 0.25) is 0 Å². The highest BCUT2D eigenvalue weighted by Crippen LogP contribution is 2.26. The van der Waals surface area contributed by atoms with E-state index in [1.165, 1.54) is 29.5 Å². The van der Waals surface area contributed by atoms with Gasteiger partial charge in [0.25, 0.3) is 0 Å². The minimum Gasteiger partial charge on any atom is -0.356 e. The molecule has 1 aromatic rings. The van der Waals surface area contributed by atoms with Crippen molar-refractivity contribution in [3.05, 3.63) is 34.9 Å². The topological polar surface area (TPSA) is 39.7 Å². The Kier molecular flexibility index (Phi) is 6.46. The van der Waals surface area contributed by atoms with Crippen LogP contribution in [-0.2, 0) is 6.42 Å². The summed E-state index contributed by atoms with van der Waals surface area (Å²) in [4.78, 5) is 6.79. The van der Waals surface area contributed by atoms with Crippen molar-refractivity contribution < 1.29 is 0 Å². The van der Waals surface area contributed by atoms with Crippen LogP contribution in [0.25, 0.3) is 0 Å². The van der Waals surface area contributed by atoms with Crippen LogP contribution < -0.4 is 10.6 Å².